The zero-order valence-electron chi connectivity index (χ0n) is 17.5. The van der Waals surface area contributed by atoms with Gasteiger partial charge in [-0.15, -0.1) is 11.3 Å². The van der Waals surface area contributed by atoms with Crippen molar-refractivity contribution in [2.45, 2.75) is 32.0 Å². The first kappa shape index (κ1) is 25.0. The Balaban J connectivity index is 1.68. The fourth-order valence-corrected chi connectivity index (χ4v) is 4.72. The topological polar surface area (TPSA) is 57.7 Å². The molecular formula is C23H18Cl3F2NO4S. The summed E-state index contributed by atoms with van der Waals surface area (Å²) < 4.78 is 42.0. The van der Waals surface area contributed by atoms with E-state index in [0.29, 0.717) is 33.7 Å². The van der Waals surface area contributed by atoms with Crippen LogP contribution in [0.15, 0.2) is 42.0 Å². The van der Waals surface area contributed by atoms with Gasteiger partial charge in [-0.3, -0.25) is 4.98 Å². The highest BCUT2D eigenvalue weighted by Gasteiger charge is 2.26. The van der Waals surface area contributed by atoms with Crippen molar-refractivity contribution in [3.8, 4) is 11.5 Å². The van der Waals surface area contributed by atoms with Gasteiger partial charge in [-0.25, -0.2) is 4.79 Å². The van der Waals surface area contributed by atoms with Crippen LogP contribution in [-0.2, 0) is 11.2 Å². The average Bonchev–Trinajstić information content (AvgIpc) is 3.52. The smallest absolute Gasteiger partial charge is 0.387 e. The summed E-state index contributed by atoms with van der Waals surface area (Å²) in [6.45, 7) is -2.64. The number of aromatic nitrogens is 1. The first-order valence-corrected chi connectivity index (χ1v) is 12.3. The number of pyridine rings is 1. The maximum Gasteiger partial charge on any atom is 0.387 e. The molecule has 4 rings (SSSR count). The predicted molar refractivity (Wildman–Crippen MR) is 127 cm³/mol. The third-order valence-corrected chi connectivity index (χ3v) is 7.09. The van der Waals surface area contributed by atoms with Crippen LogP contribution in [0.25, 0.3) is 0 Å². The van der Waals surface area contributed by atoms with Gasteiger partial charge in [0.1, 0.15) is 11.0 Å². The number of thiophene rings is 1. The minimum atomic E-state index is -3.02. The van der Waals surface area contributed by atoms with E-state index >= 15 is 0 Å². The molecule has 0 saturated heterocycles. The molecule has 0 spiro atoms. The Morgan fingerprint density at radius 1 is 1.09 bits per heavy atom. The summed E-state index contributed by atoms with van der Waals surface area (Å²) in [5, 5.41) is 2.53. The van der Waals surface area contributed by atoms with E-state index in [9.17, 15) is 13.6 Å². The standard InChI is InChI=1S/C23H18Cl3F2NO4S/c24-15-5-6-34-21(15)22(30)32-19(8-14-16(25)9-29-10-17(14)26)13-3-4-18(33-23(27)28)20(7-13)31-11-12-1-2-12/h3-7,9-10,12,19,23H,1-2,8,11H2/t19-/m0/s1. The van der Waals surface area contributed by atoms with Crippen LogP contribution in [0.1, 0.15) is 39.7 Å². The van der Waals surface area contributed by atoms with E-state index in [0.717, 1.165) is 24.2 Å². The zero-order valence-corrected chi connectivity index (χ0v) is 20.6. The third-order valence-electron chi connectivity index (χ3n) is 5.12. The van der Waals surface area contributed by atoms with E-state index in [1.165, 1.54) is 30.6 Å². The van der Waals surface area contributed by atoms with Crippen LogP contribution in [0.2, 0.25) is 15.1 Å². The second-order valence-electron chi connectivity index (χ2n) is 7.62. The fourth-order valence-electron chi connectivity index (χ4n) is 3.19. The number of benzene rings is 1. The molecule has 0 radical (unpaired) electrons. The maximum atomic E-state index is 12.9. The second-order valence-corrected chi connectivity index (χ2v) is 9.75. The molecule has 180 valence electrons. The van der Waals surface area contributed by atoms with Gasteiger partial charge in [0.25, 0.3) is 0 Å². The Hall–Kier alpha value is -2.13. The van der Waals surface area contributed by atoms with Crippen molar-refractivity contribution in [1.29, 1.82) is 0 Å². The summed E-state index contributed by atoms with van der Waals surface area (Å²) in [7, 11) is 0. The van der Waals surface area contributed by atoms with Crippen LogP contribution in [0.5, 0.6) is 11.5 Å². The van der Waals surface area contributed by atoms with Gasteiger partial charge in [0.05, 0.1) is 21.7 Å². The Bertz CT molecular complexity index is 1150. The van der Waals surface area contributed by atoms with Crippen LogP contribution in [0.4, 0.5) is 8.78 Å². The molecule has 1 saturated carbocycles. The molecule has 2 aromatic heterocycles. The summed E-state index contributed by atoms with van der Waals surface area (Å²) in [5.41, 5.74) is 0.999. The van der Waals surface area contributed by atoms with E-state index in [4.69, 9.17) is 44.3 Å². The van der Waals surface area contributed by atoms with Gasteiger partial charge in [-0.05, 0) is 53.5 Å². The Morgan fingerprint density at radius 2 is 1.82 bits per heavy atom. The quantitative estimate of drug-likeness (QED) is 0.244. The summed E-state index contributed by atoms with van der Waals surface area (Å²) in [4.78, 5) is 17.0. The Morgan fingerprint density at radius 3 is 2.44 bits per heavy atom. The monoisotopic (exact) mass is 547 g/mol. The van der Waals surface area contributed by atoms with E-state index < -0.39 is 18.7 Å². The van der Waals surface area contributed by atoms with Gasteiger partial charge in [0.15, 0.2) is 11.5 Å². The van der Waals surface area contributed by atoms with E-state index in [-0.39, 0.29) is 27.8 Å². The van der Waals surface area contributed by atoms with E-state index in [1.807, 2.05) is 0 Å². The molecule has 0 bridgehead atoms. The number of hydrogen-bond donors (Lipinski definition) is 0. The Kier molecular flexibility index (Phi) is 8.14. The number of halogens is 5. The lowest BCUT2D eigenvalue weighted by Crippen LogP contribution is -2.15. The number of ether oxygens (including phenoxy) is 3. The number of carbonyl (C=O) groups excluding carboxylic acids is 1. The SMILES string of the molecule is O=C(O[C@@H](Cc1c(Cl)cncc1Cl)c1ccc(OC(F)F)c(OCC2CC2)c1)c1sccc1Cl. The zero-order chi connectivity index (χ0) is 24.2. The molecule has 1 atom stereocenters. The molecule has 2 heterocycles. The highest BCUT2D eigenvalue weighted by atomic mass is 35.5. The highest BCUT2D eigenvalue weighted by molar-refractivity contribution is 7.12. The first-order valence-electron chi connectivity index (χ1n) is 10.2. The number of hydrogen-bond acceptors (Lipinski definition) is 6. The molecule has 3 aromatic rings. The van der Waals surface area contributed by atoms with Gasteiger partial charge >= 0.3 is 12.6 Å². The van der Waals surface area contributed by atoms with Crippen LogP contribution in [0.3, 0.4) is 0 Å². The molecule has 34 heavy (non-hydrogen) atoms. The van der Waals surface area contributed by atoms with Gasteiger partial charge in [-0.1, -0.05) is 40.9 Å². The average molecular weight is 549 g/mol. The molecule has 11 heteroatoms. The maximum absolute atomic E-state index is 12.9. The summed E-state index contributed by atoms with van der Waals surface area (Å²) in [5.74, 6) is -0.232. The lowest BCUT2D eigenvalue weighted by molar-refractivity contribution is -0.0515. The largest absolute Gasteiger partial charge is 0.489 e. The van der Waals surface area contributed by atoms with Gasteiger partial charge < -0.3 is 14.2 Å². The second kappa shape index (κ2) is 11.1. The Labute approximate surface area is 213 Å². The number of rotatable bonds is 10. The normalized spacial score (nSPS) is 14.2. The van der Waals surface area contributed by atoms with Crippen molar-refractivity contribution in [3.63, 3.8) is 0 Å². The van der Waals surface area contributed by atoms with Crippen LogP contribution in [-0.4, -0.2) is 24.2 Å². The van der Waals surface area contributed by atoms with Crippen LogP contribution >= 0.6 is 46.1 Å². The molecule has 0 amide bonds. The summed E-state index contributed by atoms with van der Waals surface area (Å²) >= 11 is 19.8. The predicted octanol–water partition coefficient (Wildman–Crippen LogP) is 7.63. The lowest BCUT2D eigenvalue weighted by Gasteiger charge is -2.21. The van der Waals surface area contributed by atoms with Crippen molar-refractivity contribution in [2.75, 3.05) is 6.61 Å². The molecular weight excluding hydrogens is 531 g/mol. The number of esters is 1. The summed E-state index contributed by atoms with van der Waals surface area (Å²) in [6, 6.07) is 6.00. The number of nitrogens with zero attached hydrogens (tertiary/aromatic N) is 1. The van der Waals surface area contributed by atoms with Crippen LogP contribution < -0.4 is 9.47 Å². The van der Waals surface area contributed by atoms with E-state index in [1.54, 1.807) is 11.4 Å². The molecule has 1 fully saturated rings. The molecule has 5 nitrogen and oxygen atoms in total. The highest BCUT2D eigenvalue weighted by Crippen LogP contribution is 2.38. The number of carbonyl (C=O) groups is 1. The molecule has 0 N–H and O–H groups in total. The van der Waals surface area contributed by atoms with Gasteiger partial charge in [0.2, 0.25) is 0 Å². The van der Waals surface area contributed by atoms with Gasteiger partial charge in [-0.2, -0.15) is 8.78 Å². The molecule has 1 aromatic carbocycles. The summed E-state index contributed by atoms with van der Waals surface area (Å²) in [6.07, 6.45) is 4.12. The van der Waals surface area contributed by atoms with Crippen molar-refractivity contribution >= 4 is 52.1 Å². The fraction of sp³-hybridized carbons (Fsp3) is 0.304. The number of alkyl halides is 2. The molecule has 0 aliphatic heterocycles. The van der Waals surface area contributed by atoms with Crippen molar-refractivity contribution < 1.29 is 27.8 Å². The molecule has 0 unspecified atom stereocenters. The minimum Gasteiger partial charge on any atom is -0.489 e. The van der Waals surface area contributed by atoms with Gasteiger partial charge in [0, 0.05) is 18.8 Å². The van der Waals surface area contributed by atoms with Crippen molar-refractivity contribution in [2.24, 2.45) is 5.92 Å². The third kappa shape index (κ3) is 6.30. The van der Waals surface area contributed by atoms with Crippen molar-refractivity contribution in [1.82, 2.24) is 4.98 Å². The van der Waals surface area contributed by atoms with E-state index in [2.05, 4.69) is 9.72 Å². The lowest BCUT2D eigenvalue weighted by atomic mass is 10.0. The van der Waals surface area contributed by atoms with Crippen LogP contribution in [0, 0.1) is 5.92 Å². The molecule has 1 aliphatic carbocycles. The first-order chi connectivity index (χ1) is 16.3. The molecule has 1 aliphatic rings. The van der Waals surface area contributed by atoms with Crippen molar-refractivity contribution in [3.05, 3.63) is 73.1 Å². The minimum absolute atomic E-state index is 0.103.